The minimum absolute atomic E-state index is 0.110. The van der Waals surface area contributed by atoms with E-state index in [0.717, 1.165) is 23.1 Å². The summed E-state index contributed by atoms with van der Waals surface area (Å²) in [6.07, 6.45) is 7.09. The van der Waals surface area contributed by atoms with Gasteiger partial charge >= 0.3 is 0 Å². The second kappa shape index (κ2) is 12.5. The monoisotopic (exact) mass is 502 g/mol. The number of benzene rings is 3. The second-order valence-corrected chi connectivity index (χ2v) is 10.0. The van der Waals surface area contributed by atoms with Gasteiger partial charge in [0.05, 0.1) is 5.92 Å². The molecule has 1 aliphatic carbocycles. The van der Waals surface area contributed by atoms with Crippen molar-refractivity contribution >= 4 is 11.8 Å². The van der Waals surface area contributed by atoms with E-state index in [9.17, 15) is 14.0 Å². The molecule has 0 aromatic heterocycles. The van der Waals surface area contributed by atoms with Crippen LogP contribution in [0.25, 0.3) is 11.1 Å². The van der Waals surface area contributed by atoms with E-state index in [1.807, 2.05) is 12.1 Å². The maximum atomic E-state index is 13.3. The van der Waals surface area contributed by atoms with Gasteiger partial charge < -0.3 is 15.8 Å². The molecule has 5 nitrogen and oxygen atoms in total. The number of ether oxygens (including phenoxy) is 1. The number of carbonyl (C=O) groups is 2. The molecule has 4 rings (SSSR count). The van der Waals surface area contributed by atoms with Crippen LogP contribution in [0.5, 0.6) is 5.75 Å². The fourth-order valence-corrected chi connectivity index (χ4v) is 4.81. The lowest BCUT2D eigenvalue weighted by Crippen LogP contribution is -2.34. The summed E-state index contributed by atoms with van der Waals surface area (Å²) in [4.78, 5) is 23.6. The lowest BCUT2D eigenvalue weighted by molar-refractivity contribution is -0.121. The van der Waals surface area contributed by atoms with Crippen LogP contribution in [-0.2, 0) is 4.79 Å². The summed E-state index contributed by atoms with van der Waals surface area (Å²) in [7, 11) is 0. The molecule has 194 valence electrons. The van der Waals surface area contributed by atoms with Crippen molar-refractivity contribution in [2.75, 3.05) is 6.54 Å². The molecule has 3 aromatic rings. The van der Waals surface area contributed by atoms with E-state index >= 15 is 0 Å². The molecular weight excluding hydrogens is 467 g/mol. The van der Waals surface area contributed by atoms with Gasteiger partial charge in [0, 0.05) is 12.1 Å². The van der Waals surface area contributed by atoms with Gasteiger partial charge in [-0.3, -0.25) is 9.59 Å². The Morgan fingerprint density at radius 2 is 1.51 bits per heavy atom. The number of rotatable bonds is 10. The molecule has 2 amide bonds. The first-order valence-corrected chi connectivity index (χ1v) is 13.1. The van der Waals surface area contributed by atoms with Crippen LogP contribution in [0.15, 0.2) is 72.8 Å². The van der Waals surface area contributed by atoms with Crippen LogP contribution >= 0.6 is 0 Å². The summed E-state index contributed by atoms with van der Waals surface area (Å²) in [6.45, 7) is 1.88. The Balaban J connectivity index is 1.47. The van der Waals surface area contributed by atoms with E-state index in [1.54, 1.807) is 31.2 Å². The lowest BCUT2D eigenvalue weighted by Gasteiger charge is -2.27. The molecule has 1 saturated carbocycles. The van der Waals surface area contributed by atoms with Gasteiger partial charge in [-0.1, -0.05) is 75.4 Å². The minimum atomic E-state index is -0.446. The smallest absolute Gasteiger partial charge is 0.251 e. The molecule has 0 heterocycles. The summed E-state index contributed by atoms with van der Waals surface area (Å²) in [5.74, 6) is -0.0570. The molecule has 0 saturated heterocycles. The van der Waals surface area contributed by atoms with Crippen molar-refractivity contribution in [2.45, 2.75) is 51.6 Å². The zero-order valence-corrected chi connectivity index (χ0v) is 21.3. The molecule has 37 heavy (non-hydrogen) atoms. The molecule has 6 heteroatoms. The standard InChI is InChI=1S/C31H35FN2O3/c1-21(30(33)35)20-34-31(36)26-13-17-28(18-14-26)37-29(19-22-5-3-2-4-6-22)25-9-7-23(8-10-25)24-11-15-27(32)16-12-24/h7-18,21-22,29H,2-6,19-20H2,1H3,(H2,33,35)(H,34,36). The molecule has 3 aromatic carbocycles. The highest BCUT2D eigenvalue weighted by Crippen LogP contribution is 2.35. The van der Waals surface area contributed by atoms with E-state index in [-0.39, 0.29) is 24.4 Å². The van der Waals surface area contributed by atoms with Crippen molar-refractivity contribution in [3.05, 3.63) is 89.7 Å². The number of primary amides is 1. The molecule has 2 unspecified atom stereocenters. The molecule has 1 aliphatic rings. The van der Waals surface area contributed by atoms with Crippen LogP contribution in [0.3, 0.4) is 0 Å². The van der Waals surface area contributed by atoms with Gasteiger partial charge in [0.15, 0.2) is 0 Å². The Labute approximate surface area is 218 Å². The number of amides is 2. The Hall–Kier alpha value is -3.67. The molecular formula is C31H35FN2O3. The molecule has 3 N–H and O–H groups in total. The number of nitrogens with one attached hydrogen (secondary N) is 1. The molecule has 0 bridgehead atoms. The van der Waals surface area contributed by atoms with Gasteiger partial charge in [0.2, 0.25) is 5.91 Å². The van der Waals surface area contributed by atoms with E-state index in [4.69, 9.17) is 10.5 Å². The Morgan fingerprint density at radius 3 is 2.11 bits per heavy atom. The van der Waals surface area contributed by atoms with E-state index in [1.165, 1.54) is 44.2 Å². The SMILES string of the molecule is CC(CNC(=O)c1ccc(OC(CC2CCCCC2)c2ccc(-c3ccc(F)cc3)cc2)cc1)C(N)=O. The number of hydrogen-bond acceptors (Lipinski definition) is 3. The highest BCUT2D eigenvalue weighted by Gasteiger charge is 2.22. The maximum Gasteiger partial charge on any atom is 0.251 e. The third-order valence-corrected chi connectivity index (χ3v) is 7.18. The zero-order chi connectivity index (χ0) is 26.2. The third-order valence-electron chi connectivity index (χ3n) is 7.18. The van der Waals surface area contributed by atoms with Crippen molar-refractivity contribution in [1.29, 1.82) is 0 Å². The Bertz CT molecular complexity index is 1170. The number of hydrogen-bond donors (Lipinski definition) is 2. The average Bonchev–Trinajstić information content (AvgIpc) is 2.92. The molecule has 1 fully saturated rings. The van der Waals surface area contributed by atoms with Crippen molar-refractivity contribution < 1.29 is 18.7 Å². The molecule has 0 radical (unpaired) electrons. The van der Waals surface area contributed by atoms with Gasteiger partial charge in [-0.15, -0.1) is 0 Å². The third kappa shape index (κ3) is 7.42. The van der Waals surface area contributed by atoms with Crippen molar-refractivity contribution in [2.24, 2.45) is 17.6 Å². The normalized spacial score (nSPS) is 15.5. The van der Waals surface area contributed by atoms with Crippen LogP contribution in [0.2, 0.25) is 0 Å². The summed E-state index contributed by atoms with van der Waals surface area (Å²) in [5.41, 5.74) is 8.86. The molecule has 2 atom stereocenters. The van der Waals surface area contributed by atoms with E-state index in [0.29, 0.717) is 17.2 Å². The van der Waals surface area contributed by atoms with E-state index < -0.39 is 11.8 Å². The van der Waals surface area contributed by atoms with Crippen LogP contribution < -0.4 is 15.8 Å². The first-order valence-electron chi connectivity index (χ1n) is 13.1. The van der Waals surface area contributed by atoms with Crippen LogP contribution in [0.4, 0.5) is 4.39 Å². The Kier molecular flexibility index (Phi) is 8.94. The largest absolute Gasteiger partial charge is 0.486 e. The second-order valence-electron chi connectivity index (χ2n) is 10.0. The lowest BCUT2D eigenvalue weighted by atomic mass is 9.84. The van der Waals surface area contributed by atoms with Crippen molar-refractivity contribution in [3.63, 3.8) is 0 Å². The molecule has 0 spiro atoms. The highest BCUT2D eigenvalue weighted by molar-refractivity contribution is 5.94. The van der Waals surface area contributed by atoms with E-state index in [2.05, 4.69) is 29.6 Å². The number of halogens is 1. The van der Waals surface area contributed by atoms with Crippen LogP contribution in [0.1, 0.15) is 67.5 Å². The quantitative estimate of drug-likeness (QED) is 0.335. The predicted octanol–water partition coefficient (Wildman–Crippen LogP) is 6.43. The summed E-state index contributed by atoms with van der Waals surface area (Å²) in [6, 6.07) is 21.9. The topological polar surface area (TPSA) is 81.4 Å². The first-order chi connectivity index (χ1) is 17.9. The van der Waals surface area contributed by atoms with Gasteiger partial charge in [0.1, 0.15) is 17.7 Å². The summed E-state index contributed by atoms with van der Waals surface area (Å²) >= 11 is 0. The minimum Gasteiger partial charge on any atom is -0.486 e. The van der Waals surface area contributed by atoms with Gasteiger partial charge in [-0.25, -0.2) is 4.39 Å². The first kappa shape index (κ1) is 26.4. The van der Waals surface area contributed by atoms with Gasteiger partial charge in [0.25, 0.3) is 5.91 Å². The maximum absolute atomic E-state index is 13.3. The summed E-state index contributed by atoms with van der Waals surface area (Å²) < 4.78 is 19.8. The number of carbonyl (C=O) groups excluding carboxylic acids is 2. The Morgan fingerprint density at radius 1 is 0.919 bits per heavy atom. The predicted molar refractivity (Wildman–Crippen MR) is 144 cm³/mol. The fraction of sp³-hybridized carbons (Fsp3) is 0.355. The zero-order valence-electron chi connectivity index (χ0n) is 21.3. The van der Waals surface area contributed by atoms with Gasteiger partial charge in [-0.05, 0) is 65.4 Å². The molecule has 0 aliphatic heterocycles. The highest BCUT2D eigenvalue weighted by atomic mass is 19.1. The summed E-state index contributed by atoms with van der Waals surface area (Å²) in [5, 5.41) is 2.74. The fourth-order valence-electron chi connectivity index (χ4n) is 4.81. The number of nitrogens with two attached hydrogens (primary N) is 1. The van der Waals surface area contributed by atoms with Crippen molar-refractivity contribution in [3.8, 4) is 16.9 Å². The van der Waals surface area contributed by atoms with Crippen LogP contribution in [0, 0.1) is 17.7 Å². The average molecular weight is 503 g/mol. The van der Waals surface area contributed by atoms with Gasteiger partial charge in [-0.2, -0.15) is 0 Å². The van der Waals surface area contributed by atoms with Crippen LogP contribution in [-0.4, -0.2) is 18.4 Å². The van der Waals surface area contributed by atoms with Crippen molar-refractivity contribution in [1.82, 2.24) is 5.32 Å².